The van der Waals surface area contributed by atoms with Gasteiger partial charge in [0.15, 0.2) is 0 Å². The Bertz CT molecular complexity index is 895. The lowest BCUT2D eigenvalue weighted by Crippen LogP contribution is -2.50. The number of quaternary nitrogens is 1. The van der Waals surface area contributed by atoms with Crippen LogP contribution in [-0.2, 0) is 10.4 Å². The van der Waals surface area contributed by atoms with Gasteiger partial charge in [-0.2, -0.15) is 0 Å². The molecule has 1 N–H and O–H groups in total. The maximum Gasteiger partial charge on any atom is 0.215 e. The summed E-state index contributed by atoms with van der Waals surface area (Å²) in [5.41, 5.74) is 0. The van der Waals surface area contributed by atoms with Crippen molar-refractivity contribution in [2.75, 3.05) is 26.2 Å². The van der Waals surface area contributed by atoms with Crippen LogP contribution >= 0.6 is 0 Å². The minimum atomic E-state index is -4.92. The van der Waals surface area contributed by atoms with Crippen LogP contribution in [0, 0.1) is 0 Å². The largest absolute Gasteiger partial charge is 0.726 e. The summed E-state index contributed by atoms with van der Waals surface area (Å²) in [5.74, 6) is 0. The second-order valence-corrected chi connectivity index (χ2v) is 23.9. The van der Waals surface area contributed by atoms with E-state index in [9.17, 15) is 0 Å². The van der Waals surface area contributed by atoms with Crippen LogP contribution in [0.4, 0.5) is 0 Å². The average molecular weight is 1010 g/mol. The molecule has 0 amide bonds. The first-order chi connectivity index (χ1) is 34.2. The summed E-state index contributed by atoms with van der Waals surface area (Å²) in [6, 6.07) is 0. The Morgan fingerprint density at radius 2 is 0.314 bits per heavy atom. The van der Waals surface area contributed by atoms with Gasteiger partial charge in [0, 0.05) is 0 Å². The summed E-state index contributed by atoms with van der Waals surface area (Å²) >= 11 is 0. The van der Waals surface area contributed by atoms with Crippen LogP contribution in [0.5, 0.6) is 0 Å². The van der Waals surface area contributed by atoms with Crippen molar-refractivity contribution in [3.8, 4) is 0 Å². The summed E-state index contributed by atoms with van der Waals surface area (Å²) in [6.07, 6.45) is 82.7. The number of nitrogens with zero attached hydrogens (tertiary/aromatic N) is 1. The second-order valence-electron chi connectivity index (χ2n) is 23.0. The quantitative estimate of drug-likeness (QED) is 0.0285. The number of unbranched alkanes of at least 4 members (excludes halogenated alkanes) is 52. The normalized spacial score (nSPS) is 12.0. The third-order valence-corrected chi connectivity index (χ3v) is 15.9. The molecule has 0 saturated carbocycles. The molecule has 0 heterocycles. The number of hydrogen-bond acceptors (Lipinski definition) is 3. The van der Waals surface area contributed by atoms with Gasteiger partial charge in [-0.25, -0.2) is 8.42 Å². The minimum Gasteiger partial charge on any atom is -0.726 e. The highest BCUT2D eigenvalue weighted by atomic mass is 32.3. The number of hydrogen-bond donors (Lipinski definition) is 1. The van der Waals surface area contributed by atoms with Crippen molar-refractivity contribution in [2.24, 2.45) is 0 Å². The van der Waals surface area contributed by atoms with Gasteiger partial charge in [0.1, 0.15) is 0 Å². The Kier molecular flexibility index (Phi) is 63.0. The van der Waals surface area contributed by atoms with Crippen molar-refractivity contribution in [3.05, 3.63) is 0 Å². The molecule has 0 fully saturated rings. The van der Waals surface area contributed by atoms with Crippen molar-refractivity contribution >= 4 is 10.4 Å². The van der Waals surface area contributed by atoms with Crippen molar-refractivity contribution in [2.45, 2.75) is 387 Å². The van der Waals surface area contributed by atoms with E-state index in [1.807, 2.05) is 0 Å². The predicted octanol–water partition coefficient (Wildman–Crippen LogP) is 22.7. The molecule has 0 atom stereocenters. The van der Waals surface area contributed by atoms with E-state index >= 15 is 0 Å². The van der Waals surface area contributed by atoms with E-state index in [1.54, 1.807) is 0 Å². The molecule has 70 heavy (non-hydrogen) atoms. The fraction of sp³-hybridized carbons (Fsp3) is 1.00. The molecule has 0 aromatic rings. The maximum atomic E-state index is 8.63. The van der Waals surface area contributed by atoms with Gasteiger partial charge < -0.3 is 9.04 Å². The fourth-order valence-electron chi connectivity index (χ4n) is 11.2. The Morgan fingerprint density at radius 3 is 0.414 bits per heavy atom. The zero-order valence-electron chi connectivity index (χ0n) is 49.0. The molecule has 0 bridgehead atoms. The summed E-state index contributed by atoms with van der Waals surface area (Å²) in [6.45, 7) is 15.3. The Hall–Kier alpha value is -0.170. The fourth-order valence-corrected chi connectivity index (χ4v) is 11.2. The molecule has 0 unspecified atom stereocenters. The van der Waals surface area contributed by atoms with E-state index in [2.05, 4.69) is 27.7 Å². The van der Waals surface area contributed by atoms with Gasteiger partial charge in [-0.3, -0.25) is 4.55 Å². The summed E-state index contributed by atoms with van der Waals surface area (Å²) in [7, 11) is -4.92. The molecule has 0 saturated heterocycles. The maximum absolute atomic E-state index is 8.63. The van der Waals surface area contributed by atoms with Crippen molar-refractivity contribution in [1.82, 2.24) is 0 Å². The number of rotatable bonds is 60. The molecule has 0 spiro atoms. The molecule has 0 aromatic heterocycles. The zero-order chi connectivity index (χ0) is 51.4. The SMILES string of the molecule is CCCCCCCCCCCCCCCC[N+](CCCCCCCCCCCCCCCC)(CCCCCCCCCCCCCCCC)CCCCCCCCCCCCCCCC.O=S(=O)([O-])O. The van der Waals surface area contributed by atoms with E-state index in [4.69, 9.17) is 17.5 Å². The Labute approximate surface area is 443 Å². The van der Waals surface area contributed by atoms with Gasteiger partial charge in [0.05, 0.1) is 26.2 Å². The lowest BCUT2D eigenvalue weighted by molar-refractivity contribution is -0.929. The van der Waals surface area contributed by atoms with E-state index in [-0.39, 0.29) is 0 Å². The van der Waals surface area contributed by atoms with Crippen molar-refractivity contribution < 1.29 is 22.0 Å². The molecule has 424 valence electrons. The average Bonchev–Trinajstić information content (AvgIpc) is 3.33. The minimum absolute atomic E-state index is 1.37. The highest BCUT2D eigenvalue weighted by Crippen LogP contribution is 2.23. The van der Waals surface area contributed by atoms with Gasteiger partial charge in [-0.15, -0.1) is 0 Å². The summed E-state index contributed by atoms with van der Waals surface area (Å²) < 4.78 is 34.3. The lowest BCUT2D eigenvalue weighted by Gasteiger charge is -2.40. The molecule has 0 aliphatic heterocycles. The first kappa shape index (κ1) is 71.9. The van der Waals surface area contributed by atoms with Crippen LogP contribution in [0.3, 0.4) is 0 Å². The van der Waals surface area contributed by atoms with Gasteiger partial charge >= 0.3 is 0 Å². The van der Waals surface area contributed by atoms with E-state index in [1.165, 1.54) is 390 Å². The molecule has 0 radical (unpaired) electrons. The first-order valence-corrected chi connectivity index (χ1v) is 34.1. The van der Waals surface area contributed by atoms with Gasteiger partial charge in [-0.05, 0) is 51.4 Å². The lowest BCUT2D eigenvalue weighted by atomic mass is 10.0. The predicted molar refractivity (Wildman–Crippen MR) is 313 cm³/mol. The third-order valence-electron chi connectivity index (χ3n) is 15.9. The molecule has 0 aliphatic carbocycles. The van der Waals surface area contributed by atoms with Gasteiger partial charge in [0.2, 0.25) is 10.4 Å². The van der Waals surface area contributed by atoms with Gasteiger partial charge in [0.25, 0.3) is 0 Å². The molecule has 6 heteroatoms. The molecule has 0 rings (SSSR count). The highest BCUT2D eigenvalue weighted by molar-refractivity contribution is 7.79. The van der Waals surface area contributed by atoms with E-state index < -0.39 is 10.4 Å². The molecule has 0 aliphatic rings. The monoisotopic (exact) mass is 1010 g/mol. The Balaban J connectivity index is 0. The Morgan fingerprint density at radius 1 is 0.229 bits per heavy atom. The van der Waals surface area contributed by atoms with Crippen LogP contribution in [0.2, 0.25) is 0 Å². The van der Waals surface area contributed by atoms with Crippen LogP contribution in [-0.4, -0.2) is 48.2 Å². The molecule has 0 aromatic carbocycles. The zero-order valence-corrected chi connectivity index (χ0v) is 49.8. The molecule has 5 nitrogen and oxygen atoms in total. The van der Waals surface area contributed by atoms with E-state index in [0.717, 1.165) is 0 Å². The van der Waals surface area contributed by atoms with Crippen molar-refractivity contribution in [3.63, 3.8) is 0 Å². The van der Waals surface area contributed by atoms with Gasteiger partial charge in [-0.1, -0.05) is 336 Å². The highest BCUT2D eigenvalue weighted by Gasteiger charge is 2.26. The summed E-state index contributed by atoms with van der Waals surface area (Å²) in [4.78, 5) is 0. The third kappa shape index (κ3) is 65.8. The summed E-state index contributed by atoms with van der Waals surface area (Å²) in [5, 5.41) is 0. The van der Waals surface area contributed by atoms with Crippen LogP contribution in [0.15, 0.2) is 0 Å². The molecular weight excluding hydrogens is 879 g/mol. The standard InChI is InChI=1S/C64H132N.H2O4S/c1-5-9-13-17-21-25-29-33-37-41-45-49-53-57-61-65(62-58-54-50-46-42-38-34-30-26-22-18-14-10-6-2,63-59-55-51-47-43-39-35-31-27-23-19-15-11-7-3)64-60-56-52-48-44-40-36-32-28-24-20-16-12-8-4;1-5(2,3)4/h5-64H2,1-4H3;(H2,1,2,3,4)/q+1;/p-1. The van der Waals surface area contributed by atoms with Crippen LogP contribution < -0.4 is 0 Å². The second kappa shape index (κ2) is 61.4. The van der Waals surface area contributed by atoms with Crippen LogP contribution in [0.25, 0.3) is 0 Å². The van der Waals surface area contributed by atoms with E-state index in [0.29, 0.717) is 0 Å². The van der Waals surface area contributed by atoms with Crippen molar-refractivity contribution in [1.29, 1.82) is 0 Å². The van der Waals surface area contributed by atoms with Crippen LogP contribution in [0.1, 0.15) is 387 Å². The molecular formula is C64H133NO4S. The smallest absolute Gasteiger partial charge is 0.215 e. The topological polar surface area (TPSA) is 77.4 Å². The first-order valence-electron chi connectivity index (χ1n) is 32.8.